The lowest BCUT2D eigenvalue weighted by atomic mass is 10.0. The number of anilines is 2. The number of alkyl halides is 6. The highest BCUT2D eigenvalue weighted by molar-refractivity contribution is 7.17. The lowest BCUT2D eigenvalue weighted by Crippen LogP contribution is -2.11. The predicted molar refractivity (Wildman–Crippen MR) is 116 cm³/mol. The van der Waals surface area contributed by atoms with E-state index in [4.69, 9.17) is 9.47 Å². The number of fused-ring (bicyclic) bond motifs is 1. The highest BCUT2D eigenvalue weighted by atomic mass is 32.1. The summed E-state index contributed by atoms with van der Waals surface area (Å²) in [5.74, 6) is 0.992. The summed E-state index contributed by atoms with van der Waals surface area (Å²) in [5.41, 5.74) is -1.98. The molecule has 0 spiro atoms. The molecule has 0 bridgehead atoms. The van der Waals surface area contributed by atoms with E-state index in [2.05, 4.69) is 15.3 Å². The van der Waals surface area contributed by atoms with E-state index < -0.39 is 29.2 Å². The maximum atomic E-state index is 13.3. The van der Waals surface area contributed by atoms with Gasteiger partial charge in [0.1, 0.15) is 17.0 Å². The van der Waals surface area contributed by atoms with Crippen LogP contribution in [0.1, 0.15) is 11.1 Å². The van der Waals surface area contributed by atoms with E-state index in [0.717, 1.165) is 0 Å². The molecule has 0 radical (unpaired) electrons. The number of rotatable bonds is 5. The maximum absolute atomic E-state index is 13.3. The Hall–Kier alpha value is -3.54. The molecule has 5 nitrogen and oxygen atoms in total. The van der Waals surface area contributed by atoms with E-state index in [1.54, 1.807) is 23.6 Å². The molecule has 34 heavy (non-hydrogen) atoms. The van der Waals surface area contributed by atoms with Gasteiger partial charge in [-0.2, -0.15) is 26.3 Å². The molecular formula is C22H15F6N3O2S. The van der Waals surface area contributed by atoms with Crippen LogP contribution in [0.15, 0.2) is 48.1 Å². The number of nitrogens with one attached hydrogen (secondary N) is 1. The van der Waals surface area contributed by atoms with Crippen LogP contribution in [0.3, 0.4) is 0 Å². The van der Waals surface area contributed by atoms with Crippen molar-refractivity contribution in [3.8, 4) is 22.6 Å². The molecule has 2 aromatic carbocycles. The van der Waals surface area contributed by atoms with Crippen molar-refractivity contribution in [1.29, 1.82) is 0 Å². The Balaban J connectivity index is 1.84. The van der Waals surface area contributed by atoms with E-state index in [1.165, 1.54) is 31.9 Å². The number of aromatic nitrogens is 2. The number of ether oxygens (including phenoxy) is 2. The molecule has 2 aromatic heterocycles. The average molecular weight is 499 g/mol. The van der Waals surface area contributed by atoms with E-state index >= 15 is 0 Å². The monoisotopic (exact) mass is 499 g/mol. The van der Waals surface area contributed by atoms with E-state index in [-0.39, 0.29) is 11.9 Å². The molecule has 0 atom stereocenters. The van der Waals surface area contributed by atoms with Crippen molar-refractivity contribution in [3.63, 3.8) is 0 Å². The van der Waals surface area contributed by atoms with Crippen molar-refractivity contribution in [2.45, 2.75) is 12.4 Å². The molecule has 1 N–H and O–H groups in total. The second-order valence-electron chi connectivity index (χ2n) is 7.04. The molecule has 4 aromatic rings. The zero-order valence-electron chi connectivity index (χ0n) is 17.5. The molecule has 0 saturated carbocycles. The first-order chi connectivity index (χ1) is 16.0. The van der Waals surface area contributed by atoms with Gasteiger partial charge < -0.3 is 14.8 Å². The Morgan fingerprint density at radius 3 is 2.06 bits per heavy atom. The van der Waals surface area contributed by atoms with Gasteiger partial charge in [0, 0.05) is 16.6 Å². The Labute approximate surface area is 193 Å². The summed E-state index contributed by atoms with van der Waals surface area (Å²) in [5, 5.41) is 4.82. The van der Waals surface area contributed by atoms with E-state index in [1.807, 2.05) is 0 Å². The zero-order valence-corrected chi connectivity index (χ0v) is 18.3. The molecule has 0 fully saturated rings. The largest absolute Gasteiger partial charge is 0.493 e. The van der Waals surface area contributed by atoms with Gasteiger partial charge in [0.25, 0.3) is 0 Å². The Bertz CT molecular complexity index is 1320. The predicted octanol–water partition coefficient (Wildman–Crippen LogP) is 7.16. The lowest BCUT2D eigenvalue weighted by Gasteiger charge is -2.15. The zero-order chi connectivity index (χ0) is 24.7. The fourth-order valence-electron chi connectivity index (χ4n) is 3.35. The molecular weight excluding hydrogens is 484 g/mol. The SMILES string of the molecule is COc1ccc(-c2csc3ncnc(Nc4cc(C(F)(F)F)cc(C(F)(F)F)c4)c23)cc1OC. The number of methoxy groups -OCH3 is 2. The molecule has 4 rings (SSSR count). The van der Waals surface area contributed by atoms with E-state index in [9.17, 15) is 26.3 Å². The number of halogens is 6. The third-order valence-electron chi connectivity index (χ3n) is 4.92. The second kappa shape index (κ2) is 8.67. The third-order valence-corrected chi connectivity index (χ3v) is 5.80. The molecule has 0 saturated heterocycles. The van der Waals surface area contributed by atoms with Gasteiger partial charge in [-0.25, -0.2) is 9.97 Å². The number of nitrogens with zero attached hydrogens (tertiary/aromatic N) is 2. The van der Waals surface area contributed by atoms with Crippen LogP contribution in [-0.4, -0.2) is 24.2 Å². The third kappa shape index (κ3) is 4.58. The first-order valence-corrected chi connectivity index (χ1v) is 10.4. The van der Waals surface area contributed by atoms with Crippen LogP contribution < -0.4 is 14.8 Å². The van der Waals surface area contributed by atoms with Gasteiger partial charge in [-0.3, -0.25) is 0 Å². The van der Waals surface area contributed by atoms with Crippen molar-refractivity contribution in [3.05, 3.63) is 59.2 Å². The molecule has 0 amide bonds. The maximum Gasteiger partial charge on any atom is 0.416 e. The molecule has 0 unspecified atom stereocenters. The van der Waals surface area contributed by atoms with Crippen molar-refractivity contribution < 1.29 is 35.8 Å². The minimum Gasteiger partial charge on any atom is -0.493 e. The number of hydrogen-bond acceptors (Lipinski definition) is 6. The average Bonchev–Trinajstić information content (AvgIpc) is 3.22. The fourth-order valence-corrected chi connectivity index (χ4v) is 4.27. The summed E-state index contributed by atoms with van der Waals surface area (Å²) in [6, 6.07) is 6.39. The number of hydrogen-bond donors (Lipinski definition) is 1. The molecule has 12 heteroatoms. The van der Waals surface area contributed by atoms with Gasteiger partial charge in [-0.05, 0) is 35.9 Å². The topological polar surface area (TPSA) is 56.3 Å². The summed E-state index contributed by atoms with van der Waals surface area (Å²) in [7, 11) is 2.95. The normalized spacial score (nSPS) is 12.1. The number of thiophene rings is 1. The van der Waals surface area contributed by atoms with Gasteiger partial charge in [-0.1, -0.05) is 6.07 Å². The standard InChI is InChI=1S/C22H15F6N3O2S/c1-32-16-4-3-11(5-17(16)33-2)15-9-34-20-18(15)19(29-10-30-20)31-14-7-12(21(23,24)25)6-13(8-14)22(26,27)28/h3-10H,1-2H3,(H,29,30,31). The summed E-state index contributed by atoms with van der Waals surface area (Å²) >= 11 is 1.25. The quantitative estimate of drug-likeness (QED) is 0.296. The highest BCUT2D eigenvalue weighted by Gasteiger charge is 2.37. The molecule has 0 aliphatic rings. The van der Waals surface area contributed by atoms with Crippen LogP contribution in [0.2, 0.25) is 0 Å². The van der Waals surface area contributed by atoms with Crippen LogP contribution in [0.25, 0.3) is 21.3 Å². The number of benzene rings is 2. The first kappa shape index (κ1) is 23.6. The summed E-state index contributed by atoms with van der Waals surface area (Å²) in [4.78, 5) is 8.75. The Kier molecular flexibility index (Phi) is 6.02. The van der Waals surface area contributed by atoms with Gasteiger partial charge in [0.15, 0.2) is 11.5 Å². The summed E-state index contributed by atoms with van der Waals surface area (Å²) in [6.45, 7) is 0. The fraction of sp³-hybridized carbons (Fsp3) is 0.182. The van der Waals surface area contributed by atoms with Gasteiger partial charge >= 0.3 is 12.4 Å². The molecule has 0 aliphatic heterocycles. The summed E-state index contributed by atoms with van der Waals surface area (Å²) in [6.07, 6.45) is -8.75. The van der Waals surface area contributed by atoms with Crippen LogP contribution >= 0.6 is 11.3 Å². The second-order valence-corrected chi connectivity index (χ2v) is 7.90. The van der Waals surface area contributed by atoms with Crippen LogP contribution in [0, 0.1) is 0 Å². The molecule has 178 valence electrons. The Morgan fingerprint density at radius 1 is 0.824 bits per heavy atom. The first-order valence-electron chi connectivity index (χ1n) is 9.52. The minimum absolute atomic E-state index is 0.0588. The van der Waals surface area contributed by atoms with Crippen LogP contribution in [0.4, 0.5) is 37.8 Å². The minimum atomic E-state index is -4.97. The van der Waals surface area contributed by atoms with E-state index in [0.29, 0.717) is 45.0 Å². The summed E-state index contributed by atoms with van der Waals surface area (Å²) < 4.78 is 90.1. The van der Waals surface area contributed by atoms with Crippen LogP contribution in [0.5, 0.6) is 11.5 Å². The van der Waals surface area contributed by atoms with Crippen molar-refractivity contribution in [1.82, 2.24) is 9.97 Å². The van der Waals surface area contributed by atoms with Crippen molar-refractivity contribution in [2.24, 2.45) is 0 Å². The lowest BCUT2D eigenvalue weighted by molar-refractivity contribution is -0.143. The van der Waals surface area contributed by atoms with Crippen molar-refractivity contribution in [2.75, 3.05) is 19.5 Å². The smallest absolute Gasteiger partial charge is 0.416 e. The Morgan fingerprint density at radius 2 is 1.47 bits per heavy atom. The van der Waals surface area contributed by atoms with Crippen LogP contribution in [-0.2, 0) is 12.4 Å². The molecule has 2 heterocycles. The molecule has 0 aliphatic carbocycles. The van der Waals surface area contributed by atoms with Gasteiger partial charge in [0.05, 0.1) is 30.7 Å². The van der Waals surface area contributed by atoms with Gasteiger partial charge in [0.2, 0.25) is 0 Å². The van der Waals surface area contributed by atoms with Gasteiger partial charge in [-0.15, -0.1) is 11.3 Å². The van der Waals surface area contributed by atoms with Crippen molar-refractivity contribution >= 4 is 33.1 Å². The highest BCUT2D eigenvalue weighted by Crippen LogP contribution is 2.42.